The summed E-state index contributed by atoms with van der Waals surface area (Å²) in [7, 11) is 1.54. The van der Waals surface area contributed by atoms with Crippen LogP contribution in [0.5, 0.6) is 5.75 Å². The van der Waals surface area contributed by atoms with Gasteiger partial charge in [-0.25, -0.2) is 46.1 Å². The van der Waals surface area contributed by atoms with Gasteiger partial charge in [0.15, 0.2) is 40.7 Å². The zero-order valence-electron chi connectivity index (χ0n) is 28.7. The largest absolute Gasteiger partial charge is 0.494 e. The highest BCUT2D eigenvalue weighted by Crippen LogP contribution is 2.31. The van der Waals surface area contributed by atoms with Crippen molar-refractivity contribution < 1.29 is 55.3 Å². The molecule has 53 heavy (non-hydrogen) atoms. The van der Waals surface area contributed by atoms with E-state index in [0.29, 0.717) is 23.6 Å². The highest BCUT2D eigenvalue weighted by Gasteiger charge is 2.24. The molecule has 0 spiro atoms. The second-order valence-electron chi connectivity index (χ2n) is 11.7. The van der Waals surface area contributed by atoms with E-state index in [1.165, 1.54) is 33.9 Å². The summed E-state index contributed by atoms with van der Waals surface area (Å²) in [6.07, 6.45) is 2.63. The first-order valence-electron chi connectivity index (χ1n) is 15.5. The third-order valence-corrected chi connectivity index (χ3v) is 7.19. The van der Waals surface area contributed by atoms with E-state index < -0.39 is 70.0 Å². The molecule has 0 fully saturated rings. The smallest absolute Gasteiger partial charge is 0.375 e. The maximum Gasteiger partial charge on any atom is 0.375 e. The summed E-state index contributed by atoms with van der Waals surface area (Å²) in [4.78, 5) is 46.5. The fraction of sp³-hybridized carbons (Fsp3) is 0.222. The van der Waals surface area contributed by atoms with Gasteiger partial charge in [-0.3, -0.25) is 9.59 Å². The molecule has 0 atom stereocenters. The van der Waals surface area contributed by atoms with Crippen molar-refractivity contribution in [3.63, 3.8) is 0 Å². The Labute approximate surface area is 298 Å². The number of carbonyl (C=O) groups is 3. The lowest BCUT2D eigenvalue weighted by Crippen LogP contribution is -2.20. The molecule has 0 bridgehead atoms. The van der Waals surface area contributed by atoms with Gasteiger partial charge in [0.2, 0.25) is 11.7 Å². The molecule has 0 aliphatic rings. The van der Waals surface area contributed by atoms with Gasteiger partial charge in [0.05, 0.1) is 49.2 Å². The first-order valence-corrected chi connectivity index (χ1v) is 15.5. The van der Waals surface area contributed by atoms with Crippen molar-refractivity contribution in [1.29, 1.82) is 0 Å². The van der Waals surface area contributed by atoms with Crippen molar-refractivity contribution in [3.05, 3.63) is 113 Å². The number of carbonyl (C=O) groups excluding carboxylic acids is 3. The van der Waals surface area contributed by atoms with Crippen LogP contribution < -0.4 is 10.1 Å². The summed E-state index contributed by atoms with van der Waals surface area (Å²) in [5.74, 6) is -11.8. The molecule has 5 rings (SSSR count). The number of benzene rings is 3. The molecule has 0 unspecified atom stereocenters. The van der Waals surface area contributed by atoms with Crippen LogP contribution in [0.2, 0.25) is 0 Å². The Kier molecular flexibility index (Phi) is 12.3. The van der Waals surface area contributed by atoms with Crippen LogP contribution in [-0.4, -0.2) is 55.9 Å². The monoisotopic (exact) mass is 743 g/mol. The van der Waals surface area contributed by atoms with E-state index in [0.717, 1.165) is 23.5 Å². The molecule has 278 valence electrons. The van der Waals surface area contributed by atoms with Crippen molar-refractivity contribution in [1.82, 2.24) is 19.5 Å². The maximum absolute atomic E-state index is 13.8. The molecule has 0 saturated heterocycles. The highest BCUT2D eigenvalue weighted by molar-refractivity contribution is 6.38. The SMILES string of the molecule is CCOC(=O)C(=O)CC(=O)c1cc(F)c(F)c(F)c1.COc1cc(Nc2nc(-c3cc(F)c(F)c(F)c3)cc(C(C)(C)O)n2)ccc1-n1cnc(C)c1. The summed E-state index contributed by atoms with van der Waals surface area (Å²) >= 11 is 0. The summed E-state index contributed by atoms with van der Waals surface area (Å²) < 4.78 is 91.2. The van der Waals surface area contributed by atoms with Gasteiger partial charge < -0.3 is 24.5 Å². The van der Waals surface area contributed by atoms with Crippen molar-refractivity contribution in [3.8, 4) is 22.7 Å². The minimum absolute atomic E-state index is 0.00393. The van der Waals surface area contributed by atoms with Crippen LogP contribution in [0.3, 0.4) is 0 Å². The van der Waals surface area contributed by atoms with Crippen LogP contribution in [0.4, 0.5) is 38.0 Å². The van der Waals surface area contributed by atoms with Gasteiger partial charge >= 0.3 is 5.97 Å². The van der Waals surface area contributed by atoms with Crippen LogP contribution in [0.15, 0.2) is 61.1 Å². The number of methoxy groups -OCH3 is 1. The molecule has 11 nitrogen and oxygen atoms in total. The number of nitrogens with zero attached hydrogens (tertiary/aromatic N) is 4. The van der Waals surface area contributed by atoms with E-state index in [1.807, 2.05) is 23.8 Å². The molecule has 2 aromatic heterocycles. The van der Waals surface area contributed by atoms with Gasteiger partial charge in [0.1, 0.15) is 11.4 Å². The standard InChI is InChI=1S/C24H22F3N5O2.C12H9F3O4/c1-13-11-32(12-28-13)19-6-5-15(9-20(19)34-4)29-23-30-18(10-21(31-23)24(2,3)33)14-7-16(25)22(27)17(26)8-14;1-2-19-12(18)10(17)5-9(16)6-3-7(13)11(15)8(14)4-6/h5-12,33H,1-4H3,(H,29,30,31);3-4H,2,5H2,1H3. The first kappa shape index (κ1) is 39.7. The van der Waals surface area contributed by atoms with Crippen molar-refractivity contribution in [2.24, 2.45) is 0 Å². The Bertz CT molecular complexity index is 2140. The Balaban J connectivity index is 0.000000281. The summed E-state index contributed by atoms with van der Waals surface area (Å²) in [5, 5.41) is 13.5. The Hall–Kier alpha value is -6.10. The number of aryl methyl sites for hydroxylation is 1. The molecule has 0 aliphatic carbocycles. The maximum atomic E-state index is 13.8. The minimum atomic E-state index is -1.71. The predicted molar refractivity (Wildman–Crippen MR) is 178 cm³/mol. The van der Waals surface area contributed by atoms with Crippen LogP contribution in [0.1, 0.15) is 48.9 Å². The normalized spacial score (nSPS) is 11.0. The van der Waals surface area contributed by atoms with Gasteiger partial charge in [0, 0.05) is 29.1 Å². The number of imidazole rings is 1. The number of ketones is 2. The van der Waals surface area contributed by atoms with E-state index in [4.69, 9.17) is 4.74 Å². The average molecular weight is 744 g/mol. The number of nitrogens with one attached hydrogen (secondary N) is 1. The molecule has 0 amide bonds. The van der Waals surface area contributed by atoms with Gasteiger partial charge in [-0.2, -0.15) is 0 Å². The van der Waals surface area contributed by atoms with E-state index in [9.17, 15) is 45.8 Å². The Morgan fingerprint density at radius 3 is 2.02 bits per heavy atom. The number of esters is 1. The van der Waals surface area contributed by atoms with E-state index in [1.54, 1.807) is 18.5 Å². The number of halogens is 6. The molecule has 0 saturated carbocycles. The van der Waals surface area contributed by atoms with Crippen molar-refractivity contribution in [2.75, 3.05) is 19.0 Å². The number of anilines is 2. The summed E-state index contributed by atoms with van der Waals surface area (Å²) in [5.41, 5.74) is 0.552. The summed E-state index contributed by atoms with van der Waals surface area (Å²) in [6, 6.07) is 9.29. The number of aliphatic hydroxyl groups is 1. The van der Waals surface area contributed by atoms with Gasteiger partial charge in [-0.15, -0.1) is 0 Å². The first-order chi connectivity index (χ1) is 24.9. The molecule has 5 aromatic rings. The molecule has 17 heteroatoms. The lowest BCUT2D eigenvalue weighted by molar-refractivity contribution is -0.153. The molecule has 2 heterocycles. The number of hydrogen-bond donors (Lipinski definition) is 2. The van der Waals surface area contributed by atoms with Crippen LogP contribution in [0, 0.1) is 41.8 Å². The lowest BCUT2D eigenvalue weighted by Gasteiger charge is -2.19. The lowest BCUT2D eigenvalue weighted by atomic mass is 10.0. The van der Waals surface area contributed by atoms with E-state index in [2.05, 4.69) is 25.0 Å². The molecule has 0 aliphatic heterocycles. The number of hydrogen-bond acceptors (Lipinski definition) is 10. The van der Waals surface area contributed by atoms with E-state index in [-0.39, 0.29) is 29.5 Å². The fourth-order valence-corrected chi connectivity index (χ4v) is 4.57. The minimum Gasteiger partial charge on any atom is -0.494 e. The fourth-order valence-electron chi connectivity index (χ4n) is 4.57. The zero-order valence-corrected chi connectivity index (χ0v) is 28.7. The molecule has 0 radical (unpaired) electrons. The van der Waals surface area contributed by atoms with E-state index >= 15 is 0 Å². The van der Waals surface area contributed by atoms with Crippen LogP contribution in [0.25, 0.3) is 16.9 Å². The Morgan fingerprint density at radius 1 is 0.887 bits per heavy atom. The van der Waals surface area contributed by atoms with Crippen molar-refractivity contribution >= 4 is 29.2 Å². The van der Waals surface area contributed by atoms with Gasteiger partial charge in [-0.05, 0) is 70.2 Å². The molecular weight excluding hydrogens is 712 g/mol. The van der Waals surface area contributed by atoms with Gasteiger partial charge in [-0.1, -0.05) is 0 Å². The number of Topliss-reactive ketones (excluding diaryl/α,β-unsaturated/α-hetero) is 2. The second-order valence-corrected chi connectivity index (χ2v) is 11.7. The third kappa shape index (κ3) is 9.82. The van der Waals surface area contributed by atoms with Gasteiger partial charge in [0.25, 0.3) is 0 Å². The van der Waals surface area contributed by atoms with Crippen molar-refractivity contribution in [2.45, 2.75) is 39.7 Å². The number of ether oxygens (including phenoxy) is 2. The molecule has 2 N–H and O–H groups in total. The topological polar surface area (TPSA) is 146 Å². The highest BCUT2D eigenvalue weighted by atomic mass is 19.2. The predicted octanol–water partition coefficient (Wildman–Crippen LogP) is 6.84. The average Bonchev–Trinajstić information content (AvgIpc) is 3.54. The quantitative estimate of drug-likeness (QED) is 0.0368. The zero-order chi connectivity index (χ0) is 39.2. The number of rotatable bonds is 11. The van der Waals surface area contributed by atoms with Crippen LogP contribution >= 0.6 is 0 Å². The third-order valence-electron chi connectivity index (χ3n) is 7.19. The number of aromatic nitrogens is 4. The Morgan fingerprint density at radius 2 is 1.49 bits per heavy atom. The van der Waals surface area contributed by atoms with Crippen LogP contribution in [-0.2, 0) is 19.9 Å². The molecular formula is C36H31F6N5O6. The molecule has 3 aromatic carbocycles. The summed E-state index contributed by atoms with van der Waals surface area (Å²) in [6.45, 7) is 6.33. The second kappa shape index (κ2) is 16.5.